The summed E-state index contributed by atoms with van der Waals surface area (Å²) in [5.41, 5.74) is 6.83. The molecule has 6 heteroatoms. The lowest BCUT2D eigenvalue weighted by molar-refractivity contribution is 0.0141. The highest BCUT2D eigenvalue weighted by atomic mass is 16.5. The Bertz CT molecular complexity index is 1310. The van der Waals surface area contributed by atoms with Gasteiger partial charge in [0.2, 0.25) is 0 Å². The number of hydrogen-bond acceptors (Lipinski definition) is 5. The van der Waals surface area contributed by atoms with Gasteiger partial charge in [0.1, 0.15) is 12.7 Å². The minimum Gasteiger partial charge on any atom is -0.449 e. The standard InChI is InChI=1S/C31H30N2O4/c34-29(30(35)26-16-8-9-17-28(26)33-21-10-2-1-3-11-21)18-19-32-31(36)37-20-27-24-14-6-4-12-22(24)23-13-5-7-15-25(23)27/h1-17,27,29-30,33-35H,18-20H2,(H,32,36). The lowest BCUT2D eigenvalue weighted by Crippen LogP contribution is -2.30. The number of para-hydroxylation sites is 2. The van der Waals surface area contributed by atoms with E-state index in [-0.39, 0.29) is 25.5 Å². The smallest absolute Gasteiger partial charge is 0.407 e. The minimum atomic E-state index is -1.11. The molecule has 4 N–H and O–H groups in total. The molecule has 0 bridgehead atoms. The van der Waals surface area contributed by atoms with Crippen molar-refractivity contribution in [2.75, 3.05) is 18.5 Å². The molecule has 2 unspecified atom stereocenters. The number of carbonyl (C=O) groups excluding carboxylic acids is 1. The molecule has 0 heterocycles. The van der Waals surface area contributed by atoms with E-state index in [1.807, 2.05) is 72.8 Å². The summed E-state index contributed by atoms with van der Waals surface area (Å²) < 4.78 is 5.55. The number of aliphatic hydroxyl groups excluding tert-OH is 2. The Morgan fingerprint density at radius 3 is 2.08 bits per heavy atom. The first-order valence-corrected chi connectivity index (χ1v) is 12.5. The number of alkyl carbamates (subject to hydrolysis) is 1. The van der Waals surface area contributed by atoms with Crippen LogP contribution in [0.5, 0.6) is 0 Å². The van der Waals surface area contributed by atoms with E-state index in [1.165, 1.54) is 11.1 Å². The van der Waals surface area contributed by atoms with E-state index in [2.05, 4.69) is 34.9 Å². The fraction of sp³-hybridized carbons (Fsp3) is 0.194. The van der Waals surface area contributed by atoms with Crippen molar-refractivity contribution >= 4 is 17.5 Å². The van der Waals surface area contributed by atoms with E-state index < -0.39 is 18.3 Å². The Labute approximate surface area is 216 Å². The molecule has 188 valence electrons. The number of hydrogen-bond donors (Lipinski definition) is 4. The topological polar surface area (TPSA) is 90.8 Å². The van der Waals surface area contributed by atoms with E-state index in [0.29, 0.717) is 11.3 Å². The highest BCUT2D eigenvalue weighted by Gasteiger charge is 2.29. The fourth-order valence-electron chi connectivity index (χ4n) is 4.88. The molecule has 0 saturated carbocycles. The molecule has 1 aliphatic carbocycles. The van der Waals surface area contributed by atoms with E-state index >= 15 is 0 Å². The first-order valence-electron chi connectivity index (χ1n) is 12.5. The quantitative estimate of drug-likeness (QED) is 0.238. The first-order chi connectivity index (χ1) is 18.1. The fourth-order valence-corrected chi connectivity index (χ4v) is 4.88. The van der Waals surface area contributed by atoms with Crippen molar-refractivity contribution in [1.82, 2.24) is 5.32 Å². The molecule has 1 aliphatic rings. The molecular weight excluding hydrogens is 464 g/mol. The average molecular weight is 495 g/mol. The molecule has 6 nitrogen and oxygen atoms in total. The van der Waals surface area contributed by atoms with E-state index in [4.69, 9.17) is 4.74 Å². The summed E-state index contributed by atoms with van der Waals surface area (Å²) in [5.74, 6) is -0.0146. The number of benzene rings is 4. The molecule has 37 heavy (non-hydrogen) atoms. The molecule has 5 rings (SSSR count). The molecule has 0 radical (unpaired) electrons. The molecule has 1 amide bonds. The Morgan fingerprint density at radius 1 is 0.784 bits per heavy atom. The molecule has 0 saturated heterocycles. The maximum Gasteiger partial charge on any atom is 0.407 e. The van der Waals surface area contributed by atoms with Gasteiger partial charge in [0, 0.05) is 29.4 Å². The molecule has 0 aliphatic heterocycles. The number of amides is 1. The van der Waals surface area contributed by atoms with Crippen LogP contribution in [-0.4, -0.2) is 35.6 Å². The van der Waals surface area contributed by atoms with Gasteiger partial charge < -0.3 is 25.6 Å². The second kappa shape index (κ2) is 11.3. The molecule has 4 aromatic carbocycles. The van der Waals surface area contributed by atoms with E-state index in [9.17, 15) is 15.0 Å². The van der Waals surface area contributed by atoms with Gasteiger partial charge in [0.05, 0.1) is 6.10 Å². The third kappa shape index (κ3) is 5.50. The molecular formula is C31H30N2O4. The van der Waals surface area contributed by atoms with Gasteiger partial charge in [-0.15, -0.1) is 0 Å². The maximum absolute atomic E-state index is 12.4. The van der Waals surface area contributed by atoms with Crippen LogP contribution in [0.25, 0.3) is 11.1 Å². The van der Waals surface area contributed by atoms with Crippen LogP contribution >= 0.6 is 0 Å². The van der Waals surface area contributed by atoms with Crippen LogP contribution in [0.4, 0.5) is 16.2 Å². The van der Waals surface area contributed by atoms with Crippen molar-refractivity contribution < 1.29 is 19.7 Å². The number of fused-ring (bicyclic) bond motifs is 3. The first kappa shape index (κ1) is 24.6. The molecule has 0 spiro atoms. The van der Waals surface area contributed by atoms with Crippen LogP contribution in [0, 0.1) is 0 Å². The van der Waals surface area contributed by atoms with Gasteiger partial charge >= 0.3 is 6.09 Å². The van der Waals surface area contributed by atoms with Gasteiger partial charge in [0.25, 0.3) is 0 Å². The van der Waals surface area contributed by atoms with Gasteiger partial charge in [0.15, 0.2) is 0 Å². The molecule has 0 aromatic heterocycles. The van der Waals surface area contributed by atoms with Crippen LogP contribution in [0.2, 0.25) is 0 Å². The van der Waals surface area contributed by atoms with Gasteiger partial charge in [-0.2, -0.15) is 0 Å². The third-order valence-corrected chi connectivity index (χ3v) is 6.75. The number of anilines is 2. The minimum absolute atomic E-state index is 0.0146. The van der Waals surface area contributed by atoms with Crippen LogP contribution < -0.4 is 10.6 Å². The van der Waals surface area contributed by atoms with Crippen molar-refractivity contribution in [3.63, 3.8) is 0 Å². The van der Waals surface area contributed by atoms with Crippen molar-refractivity contribution in [2.45, 2.75) is 24.5 Å². The average Bonchev–Trinajstić information content (AvgIpc) is 3.26. The molecule has 2 atom stereocenters. The van der Waals surface area contributed by atoms with Crippen LogP contribution in [-0.2, 0) is 4.74 Å². The van der Waals surface area contributed by atoms with Gasteiger partial charge in [-0.1, -0.05) is 84.9 Å². The Morgan fingerprint density at radius 2 is 1.38 bits per heavy atom. The van der Waals surface area contributed by atoms with Gasteiger partial charge in [-0.05, 0) is 46.9 Å². The summed E-state index contributed by atoms with van der Waals surface area (Å²) in [6, 6.07) is 33.3. The summed E-state index contributed by atoms with van der Waals surface area (Å²) in [4.78, 5) is 12.4. The van der Waals surface area contributed by atoms with Gasteiger partial charge in [-0.25, -0.2) is 4.79 Å². The summed E-state index contributed by atoms with van der Waals surface area (Å²) in [6.07, 6.45) is -2.55. The van der Waals surface area contributed by atoms with E-state index in [0.717, 1.165) is 16.8 Å². The number of ether oxygens (including phenoxy) is 1. The summed E-state index contributed by atoms with van der Waals surface area (Å²) in [5, 5.41) is 27.4. The van der Waals surface area contributed by atoms with Crippen molar-refractivity contribution in [1.29, 1.82) is 0 Å². The third-order valence-electron chi connectivity index (χ3n) is 6.75. The van der Waals surface area contributed by atoms with Crippen LogP contribution in [0.3, 0.4) is 0 Å². The zero-order valence-corrected chi connectivity index (χ0v) is 20.4. The molecule has 0 fully saturated rings. The predicted molar refractivity (Wildman–Crippen MR) is 145 cm³/mol. The van der Waals surface area contributed by atoms with E-state index in [1.54, 1.807) is 6.07 Å². The lowest BCUT2D eigenvalue weighted by atomic mass is 9.98. The van der Waals surface area contributed by atoms with Crippen molar-refractivity contribution in [3.05, 3.63) is 120 Å². The SMILES string of the molecule is O=C(NCCC(O)C(O)c1ccccc1Nc1ccccc1)OCC1c2ccccc2-c2ccccc21. The summed E-state index contributed by atoms with van der Waals surface area (Å²) >= 11 is 0. The molecule has 4 aromatic rings. The second-order valence-corrected chi connectivity index (χ2v) is 9.13. The lowest BCUT2D eigenvalue weighted by Gasteiger charge is -2.22. The number of aliphatic hydroxyl groups is 2. The Balaban J connectivity index is 1.13. The highest BCUT2D eigenvalue weighted by Crippen LogP contribution is 2.44. The number of rotatable bonds is 9. The second-order valence-electron chi connectivity index (χ2n) is 9.13. The largest absolute Gasteiger partial charge is 0.449 e. The van der Waals surface area contributed by atoms with Crippen molar-refractivity contribution in [2.24, 2.45) is 0 Å². The highest BCUT2D eigenvalue weighted by molar-refractivity contribution is 5.79. The number of nitrogens with one attached hydrogen (secondary N) is 2. The maximum atomic E-state index is 12.4. The zero-order chi connectivity index (χ0) is 25.6. The van der Waals surface area contributed by atoms with Gasteiger partial charge in [-0.3, -0.25) is 0 Å². The Hall–Kier alpha value is -4.13. The number of carbonyl (C=O) groups is 1. The summed E-state index contributed by atoms with van der Waals surface area (Å²) in [6.45, 7) is 0.396. The summed E-state index contributed by atoms with van der Waals surface area (Å²) in [7, 11) is 0. The van der Waals surface area contributed by atoms with Crippen molar-refractivity contribution in [3.8, 4) is 11.1 Å². The predicted octanol–water partition coefficient (Wildman–Crippen LogP) is 5.75. The monoisotopic (exact) mass is 494 g/mol. The van der Waals surface area contributed by atoms with Crippen LogP contribution in [0.1, 0.15) is 35.1 Å². The van der Waals surface area contributed by atoms with Crippen LogP contribution in [0.15, 0.2) is 103 Å². The zero-order valence-electron chi connectivity index (χ0n) is 20.4. The normalized spacial score (nSPS) is 13.8. The Kier molecular flexibility index (Phi) is 7.49.